The predicted molar refractivity (Wildman–Crippen MR) is 152 cm³/mol. The third kappa shape index (κ3) is 12.6. The molecule has 1 atom stereocenters. The van der Waals surface area contributed by atoms with Crippen LogP contribution in [0.4, 0.5) is 0 Å². The van der Waals surface area contributed by atoms with E-state index < -0.39 is 0 Å². The molecule has 0 spiro atoms. The van der Waals surface area contributed by atoms with E-state index in [1.807, 2.05) is 20.8 Å². The molecule has 1 fully saturated rings. The molecular formula is C32H55NO3. The van der Waals surface area contributed by atoms with Gasteiger partial charge in [-0.1, -0.05) is 70.6 Å². The van der Waals surface area contributed by atoms with Gasteiger partial charge in [0.15, 0.2) is 0 Å². The maximum Gasteiger partial charge on any atom is 0.306 e. The number of rotatable bonds is 12. The Balaban J connectivity index is 1.56. The van der Waals surface area contributed by atoms with Gasteiger partial charge in [-0.3, -0.25) is 4.79 Å². The second-order valence-corrected chi connectivity index (χ2v) is 13.0. The smallest absolute Gasteiger partial charge is 0.306 e. The van der Waals surface area contributed by atoms with Crippen LogP contribution in [0, 0.1) is 12.8 Å². The number of likely N-dealkylation sites (tertiary alicyclic amines) is 1. The van der Waals surface area contributed by atoms with Crippen LogP contribution < -0.4 is 4.74 Å². The molecule has 0 aromatic heterocycles. The molecule has 4 nitrogen and oxygen atoms in total. The van der Waals surface area contributed by atoms with Crippen molar-refractivity contribution in [3.63, 3.8) is 0 Å². The summed E-state index contributed by atoms with van der Waals surface area (Å²) in [7, 11) is 0. The highest BCUT2D eigenvalue weighted by atomic mass is 16.6. The number of esters is 1. The van der Waals surface area contributed by atoms with Crippen molar-refractivity contribution in [2.45, 2.75) is 130 Å². The van der Waals surface area contributed by atoms with Crippen molar-refractivity contribution in [1.29, 1.82) is 0 Å². The van der Waals surface area contributed by atoms with Crippen molar-refractivity contribution < 1.29 is 14.3 Å². The number of hydrogen-bond acceptors (Lipinski definition) is 4. The summed E-state index contributed by atoms with van der Waals surface area (Å²) >= 11 is 0. The Labute approximate surface area is 222 Å². The number of unbranched alkanes of at least 4 members (excludes halogenated alkanes) is 5. The van der Waals surface area contributed by atoms with Crippen LogP contribution >= 0.6 is 0 Å². The molecule has 1 aromatic rings. The van der Waals surface area contributed by atoms with E-state index in [0.717, 1.165) is 38.2 Å². The number of ether oxygens (including phenoxy) is 2. The summed E-state index contributed by atoms with van der Waals surface area (Å²) < 4.78 is 11.7. The highest BCUT2D eigenvalue weighted by molar-refractivity contribution is 5.70. The first-order chi connectivity index (χ1) is 16.9. The highest BCUT2D eigenvalue weighted by Crippen LogP contribution is 2.32. The molecule has 1 unspecified atom stereocenters. The zero-order chi connectivity index (χ0) is 26.6. The van der Waals surface area contributed by atoms with E-state index in [-0.39, 0.29) is 17.0 Å². The van der Waals surface area contributed by atoms with Crippen molar-refractivity contribution in [3.05, 3.63) is 29.3 Å². The number of carbonyl (C=O) groups is 1. The minimum absolute atomic E-state index is 0.0291. The zero-order valence-corrected chi connectivity index (χ0v) is 24.6. The van der Waals surface area contributed by atoms with Crippen LogP contribution in [0.2, 0.25) is 0 Å². The predicted octanol–water partition coefficient (Wildman–Crippen LogP) is 8.24. The Kier molecular flexibility index (Phi) is 12.8. The van der Waals surface area contributed by atoms with Crippen molar-refractivity contribution >= 4 is 5.97 Å². The van der Waals surface area contributed by atoms with Gasteiger partial charge in [-0.15, -0.1) is 0 Å². The largest absolute Gasteiger partial charge is 0.493 e. The molecule has 1 aromatic carbocycles. The van der Waals surface area contributed by atoms with E-state index in [9.17, 15) is 4.79 Å². The van der Waals surface area contributed by atoms with E-state index in [1.165, 1.54) is 69.2 Å². The lowest BCUT2D eigenvalue weighted by atomic mass is 9.85. The average molecular weight is 502 g/mol. The quantitative estimate of drug-likeness (QED) is 0.213. The minimum Gasteiger partial charge on any atom is -0.493 e. The maximum absolute atomic E-state index is 12.2. The van der Waals surface area contributed by atoms with Gasteiger partial charge in [0.05, 0.1) is 6.61 Å². The van der Waals surface area contributed by atoms with E-state index >= 15 is 0 Å². The van der Waals surface area contributed by atoms with Crippen molar-refractivity contribution in [1.82, 2.24) is 4.90 Å². The third-order valence-corrected chi connectivity index (χ3v) is 7.13. The first-order valence-corrected chi connectivity index (χ1v) is 14.6. The molecule has 1 aliphatic heterocycles. The number of hydrogen-bond donors (Lipinski definition) is 0. The van der Waals surface area contributed by atoms with Crippen LogP contribution in [0.25, 0.3) is 0 Å². The van der Waals surface area contributed by atoms with Gasteiger partial charge in [0, 0.05) is 6.42 Å². The zero-order valence-electron chi connectivity index (χ0n) is 24.6. The van der Waals surface area contributed by atoms with Crippen molar-refractivity contribution in [3.8, 4) is 5.75 Å². The van der Waals surface area contributed by atoms with Crippen molar-refractivity contribution in [2.24, 2.45) is 5.92 Å². The Morgan fingerprint density at radius 1 is 0.917 bits per heavy atom. The molecule has 0 N–H and O–H groups in total. The number of aryl methyl sites for hydroxylation is 1. The molecule has 1 heterocycles. The van der Waals surface area contributed by atoms with Gasteiger partial charge in [-0.2, -0.15) is 0 Å². The molecule has 0 aliphatic carbocycles. The van der Waals surface area contributed by atoms with Crippen LogP contribution in [0.5, 0.6) is 5.75 Å². The Hall–Kier alpha value is -1.55. The first-order valence-electron chi connectivity index (χ1n) is 14.6. The SMILES string of the molecule is Cc1ccc(OCCCCCCCCN2CCCCC(CC(=O)OC(C)(C)C)CC2)c(C(C)(C)C)c1. The molecule has 0 radical (unpaired) electrons. The van der Waals surface area contributed by atoms with Gasteiger partial charge in [-0.05, 0) is 102 Å². The molecular weight excluding hydrogens is 446 g/mol. The molecule has 206 valence electrons. The molecule has 0 bridgehead atoms. The molecule has 4 heteroatoms. The monoisotopic (exact) mass is 501 g/mol. The van der Waals surface area contributed by atoms with E-state index in [4.69, 9.17) is 9.47 Å². The summed E-state index contributed by atoms with van der Waals surface area (Å²) in [5.41, 5.74) is 2.33. The van der Waals surface area contributed by atoms with E-state index in [0.29, 0.717) is 12.3 Å². The van der Waals surface area contributed by atoms with Gasteiger partial charge in [0.25, 0.3) is 0 Å². The Morgan fingerprint density at radius 3 is 2.31 bits per heavy atom. The fourth-order valence-electron chi connectivity index (χ4n) is 5.12. The van der Waals surface area contributed by atoms with Crippen molar-refractivity contribution in [2.75, 3.05) is 26.2 Å². The average Bonchev–Trinajstić information content (AvgIpc) is 2.75. The Morgan fingerprint density at radius 2 is 1.61 bits per heavy atom. The summed E-state index contributed by atoms with van der Waals surface area (Å²) in [6.07, 6.45) is 12.9. The summed E-state index contributed by atoms with van der Waals surface area (Å²) in [6, 6.07) is 6.56. The second-order valence-electron chi connectivity index (χ2n) is 13.0. The molecule has 1 aliphatic rings. The molecule has 1 saturated heterocycles. The van der Waals surface area contributed by atoms with Gasteiger partial charge in [0.1, 0.15) is 11.4 Å². The lowest BCUT2D eigenvalue weighted by molar-refractivity contribution is -0.156. The van der Waals surface area contributed by atoms with Crippen LogP contribution in [0.15, 0.2) is 18.2 Å². The first kappa shape index (κ1) is 30.7. The van der Waals surface area contributed by atoms with Gasteiger partial charge in [0.2, 0.25) is 0 Å². The fraction of sp³-hybridized carbons (Fsp3) is 0.781. The summed E-state index contributed by atoms with van der Waals surface area (Å²) in [4.78, 5) is 14.9. The number of nitrogens with zero attached hydrogens (tertiary/aromatic N) is 1. The minimum atomic E-state index is -0.380. The molecule has 36 heavy (non-hydrogen) atoms. The lowest BCUT2D eigenvalue weighted by Gasteiger charge is -2.29. The molecule has 2 rings (SSSR count). The van der Waals surface area contributed by atoms with Crippen LogP contribution in [0.3, 0.4) is 0 Å². The summed E-state index contributed by atoms with van der Waals surface area (Å²) in [5.74, 6) is 1.50. The third-order valence-electron chi connectivity index (χ3n) is 7.13. The maximum atomic E-state index is 12.2. The van der Waals surface area contributed by atoms with E-state index in [2.05, 4.69) is 50.8 Å². The Bertz CT molecular complexity index is 775. The highest BCUT2D eigenvalue weighted by Gasteiger charge is 2.22. The lowest BCUT2D eigenvalue weighted by Crippen LogP contribution is -2.31. The molecule has 0 amide bonds. The standard InChI is InChI=1S/C32H55NO3/c1-26-17-18-29(28(24-26)31(2,3)4)35-23-15-11-9-8-10-13-20-33-21-14-12-16-27(19-22-33)25-30(34)36-32(5,6)7/h17-18,24,27H,8-16,19-23,25H2,1-7H3. The van der Waals surface area contributed by atoms with Crippen LogP contribution in [0.1, 0.15) is 123 Å². The van der Waals surface area contributed by atoms with Gasteiger partial charge >= 0.3 is 5.97 Å². The van der Waals surface area contributed by atoms with Gasteiger partial charge < -0.3 is 14.4 Å². The van der Waals surface area contributed by atoms with Crippen LogP contribution in [-0.2, 0) is 14.9 Å². The summed E-state index contributed by atoms with van der Waals surface area (Å²) in [6.45, 7) is 19.1. The van der Waals surface area contributed by atoms with E-state index in [1.54, 1.807) is 0 Å². The number of benzene rings is 1. The van der Waals surface area contributed by atoms with Crippen LogP contribution in [-0.4, -0.2) is 42.7 Å². The summed E-state index contributed by atoms with van der Waals surface area (Å²) in [5, 5.41) is 0. The normalized spacial score (nSPS) is 17.9. The topological polar surface area (TPSA) is 38.8 Å². The second kappa shape index (κ2) is 15.0. The van der Waals surface area contributed by atoms with Gasteiger partial charge in [-0.25, -0.2) is 0 Å². The fourth-order valence-corrected chi connectivity index (χ4v) is 5.12. The number of carbonyl (C=O) groups excluding carboxylic acids is 1. The molecule has 0 saturated carbocycles.